The predicted octanol–water partition coefficient (Wildman–Crippen LogP) is 2.23. The topological polar surface area (TPSA) is 83.0 Å². The average molecular weight is 492 g/mol. The quantitative estimate of drug-likeness (QED) is 0.285. The third-order valence-electron chi connectivity index (χ3n) is 4.14. The van der Waals surface area contributed by atoms with Crippen LogP contribution in [-0.4, -0.2) is 56.0 Å². The molecule has 0 bridgehead atoms. The zero-order chi connectivity index (χ0) is 18.9. The summed E-state index contributed by atoms with van der Waals surface area (Å²) in [5.74, 6) is -0.332. The summed E-state index contributed by atoms with van der Waals surface area (Å²) >= 11 is 0. The Bertz CT molecular complexity index is 664. The van der Waals surface area contributed by atoms with E-state index >= 15 is 0 Å². The van der Waals surface area contributed by atoms with Crippen molar-refractivity contribution in [2.45, 2.75) is 19.8 Å². The molecule has 0 aromatic heterocycles. The molecule has 1 aromatic rings. The van der Waals surface area contributed by atoms with Gasteiger partial charge in [-0.2, -0.15) is 0 Å². The second kappa shape index (κ2) is 11.7. The highest BCUT2D eigenvalue weighted by molar-refractivity contribution is 14.0. The van der Waals surface area contributed by atoms with Gasteiger partial charge >= 0.3 is 5.97 Å². The first-order valence-corrected chi connectivity index (χ1v) is 8.71. The first-order valence-electron chi connectivity index (χ1n) is 8.71. The van der Waals surface area contributed by atoms with Crippen LogP contribution in [0.3, 0.4) is 0 Å². The van der Waals surface area contributed by atoms with Crippen molar-refractivity contribution in [2.75, 3.05) is 38.6 Å². The average Bonchev–Trinajstić information content (AvgIpc) is 2.63. The van der Waals surface area contributed by atoms with Gasteiger partial charge < -0.3 is 20.3 Å². The molecule has 0 atom stereocenters. The maximum absolute atomic E-state index is 13.1. The lowest BCUT2D eigenvalue weighted by Crippen LogP contribution is -2.48. The minimum atomic E-state index is -0.406. The van der Waals surface area contributed by atoms with E-state index in [0.29, 0.717) is 44.2 Å². The normalized spacial score (nSPS) is 14.9. The number of amides is 1. The van der Waals surface area contributed by atoms with Crippen molar-refractivity contribution in [3.05, 3.63) is 30.1 Å². The number of hydrogen-bond acceptors (Lipinski definition) is 4. The van der Waals surface area contributed by atoms with Gasteiger partial charge in [0.2, 0.25) is 5.91 Å². The van der Waals surface area contributed by atoms with Gasteiger partial charge in [0, 0.05) is 25.8 Å². The number of carbonyl (C=O) groups excluding carboxylic acids is 2. The van der Waals surface area contributed by atoms with Crippen LogP contribution in [0.25, 0.3) is 0 Å². The zero-order valence-electron chi connectivity index (χ0n) is 15.5. The van der Waals surface area contributed by atoms with Crippen LogP contribution in [0.1, 0.15) is 19.8 Å². The molecule has 1 aliphatic heterocycles. The Morgan fingerprint density at radius 1 is 1.33 bits per heavy atom. The van der Waals surface area contributed by atoms with E-state index < -0.39 is 5.82 Å². The van der Waals surface area contributed by atoms with E-state index in [-0.39, 0.29) is 48.3 Å². The lowest BCUT2D eigenvalue weighted by molar-refractivity contribution is -0.149. The first kappa shape index (κ1) is 23.1. The summed E-state index contributed by atoms with van der Waals surface area (Å²) in [6.07, 6.45) is 1.38. The third-order valence-corrected chi connectivity index (χ3v) is 4.14. The van der Waals surface area contributed by atoms with Gasteiger partial charge in [-0.05, 0) is 38.0 Å². The van der Waals surface area contributed by atoms with Crippen LogP contribution in [0.2, 0.25) is 0 Å². The molecule has 1 fully saturated rings. The van der Waals surface area contributed by atoms with E-state index in [1.807, 2.05) is 4.90 Å². The van der Waals surface area contributed by atoms with E-state index in [4.69, 9.17) is 4.74 Å². The molecule has 1 aromatic carbocycles. The Balaban J connectivity index is 0.00000364. The second-order valence-electron chi connectivity index (χ2n) is 5.97. The highest BCUT2D eigenvalue weighted by atomic mass is 127. The molecule has 1 saturated heterocycles. The van der Waals surface area contributed by atoms with Crippen LogP contribution >= 0.6 is 24.0 Å². The minimum absolute atomic E-state index is 0. The largest absolute Gasteiger partial charge is 0.466 e. The number of hydrogen-bond donors (Lipinski definition) is 2. The summed E-state index contributed by atoms with van der Waals surface area (Å²) in [5, 5.41) is 5.62. The second-order valence-corrected chi connectivity index (χ2v) is 5.97. The summed E-state index contributed by atoms with van der Waals surface area (Å²) in [5.41, 5.74) is 0.405. The standard InChI is InChI=1S/C18H25FN4O3.HI/c1-3-26-17(25)13-7-9-23(10-8-13)18(20-2)21-12-16(24)22-15-6-4-5-14(19)11-15;/h4-6,11,13H,3,7-10,12H2,1-2H3,(H,20,21)(H,22,24);1H. The molecule has 1 amide bonds. The SMILES string of the molecule is CCOC(=O)C1CCN(C(=NC)NCC(=O)Nc2cccc(F)c2)CC1.I. The monoisotopic (exact) mass is 492 g/mol. The van der Waals surface area contributed by atoms with Gasteiger partial charge in [-0.15, -0.1) is 24.0 Å². The Kier molecular flexibility index (Phi) is 10.0. The number of benzene rings is 1. The van der Waals surface area contributed by atoms with Gasteiger partial charge in [0.15, 0.2) is 5.96 Å². The number of nitrogens with one attached hydrogen (secondary N) is 2. The number of likely N-dealkylation sites (tertiary alicyclic amines) is 1. The number of rotatable bonds is 5. The first-order chi connectivity index (χ1) is 12.5. The Morgan fingerprint density at radius 2 is 2.04 bits per heavy atom. The molecule has 1 aliphatic rings. The van der Waals surface area contributed by atoms with Crippen molar-refractivity contribution in [3.63, 3.8) is 0 Å². The molecule has 0 spiro atoms. The van der Waals surface area contributed by atoms with E-state index in [2.05, 4.69) is 15.6 Å². The lowest BCUT2D eigenvalue weighted by atomic mass is 9.97. The predicted molar refractivity (Wildman–Crippen MR) is 113 cm³/mol. The molecule has 0 unspecified atom stereocenters. The molecule has 9 heteroatoms. The Labute approximate surface area is 175 Å². The van der Waals surface area contributed by atoms with E-state index in [9.17, 15) is 14.0 Å². The fourth-order valence-corrected chi connectivity index (χ4v) is 2.85. The maximum atomic E-state index is 13.1. The fraction of sp³-hybridized carbons (Fsp3) is 0.500. The summed E-state index contributed by atoms with van der Waals surface area (Å²) in [6.45, 7) is 3.53. The van der Waals surface area contributed by atoms with E-state index in [1.165, 1.54) is 18.2 Å². The van der Waals surface area contributed by atoms with Crippen molar-refractivity contribution < 1.29 is 18.7 Å². The molecule has 7 nitrogen and oxygen atoms in total. The van der Waals surface area contributed by atoms with Gasteiger partial charge in [-0.25, -0.2) is 4.39 Å². The minimum Gasteiger partial charge on any atom is -0.466 e. The zero-order valence-corrected chi connectivity index (χ0v) is 17.9. The molecular formula is C18H26FIN4O3. The summed E-state index contributed by atoms with van der Waals surface area (Å²) in [7, 11) is 1.64. The highest BCUT2D eigenvalue weighted by Gasteiger charge is 2.27. The van der Waals surface area contributed by atoms with Crippen LogP contribution in [-0.2, 0) is 14.3 Å². The molecular weight excluding hydrogens is 466 g/mol. The van der Waals surface area contributed by atoms with Crippen LogP contribution in [0.4, 0.5) is 10.1 Å². The molecule has 0 saturated carbocycles. The smallest absolute Gasteiger partial charge is 0.309 e. The third kappa shape index (κ3) is 7.31. The van der Waals surface area contributed by atoms with Crippen molar-refractivity contribution >= 4 is 47.5 Å². The molecule has 0 radical (unpaired) electrons. The van der Waals surface area contributed by atoms with Crippen molar-refractivity contribution in [3.8, 4) is 0 Å². The van der Waals surface area contributed by atoms with Crippen LogP contribution < -0.4 is 10.6 Å². The van der Waals surface area contributed by atoms with Crippen LogP contribution in [0.15, 0.2) is 29.3 Å². The number of ether oxygens (including phenoxy) is 1. The van der Waals surface area contributed by atoms with Crippen molar-refractivity contribution in [1.82, 2.24) is 10.2 Å². The maximum Gasteiger partial charge on any atom is 0.309 e. The van der Waals surface area contributed by atoms with Crippen LogP contribution in [0.5, 0.6) is 0 Å². The number of aliphatic imine (C=N–C) groups is 1. The van der Waals surface area contributed by atoms with Gasteiger partial charge in [0.1, 0.15) is 5.82 Å². The van der Waals surface area contributed by atoms with Crippen LogP contribution in [0, 0.1) is 11.7 Å². The number of anilines is 1. The summed E-state index contributed by atoms with van der Waals surface area (Å²) in [6, 6.07) is 5.73. The van der Waals surface area contributed by atoms with Gasteiger partial charge in [-0.1, -0.05) is 6.07 Å². The lowest BCUT2D eigenvalue weighted by Gasteiger charge is -2.33. The Morgan fingerprint density at radius 3 is 2.63 bits per heavy atom. The number of guanidine groups is 1. The molecule has 2 rings (SSSR count). The fourth-order valence-electron chi connectivity index (χ4n) is 2.85. The number of carbonyl (C=O) groups is 2. The number of halogens is 2. The van der Waals surface area contributed by atoms with Gasteiger partial charge in [-0.3, -0.25) is 14.6 Å². The highest BCUT2D eigenvalue weighted by Crippen LogP contribution is 2.18. The van der Waals surface area contributed by atoms with Crippen molar-refractivity contribution in [2.24, 2.45) is 10.9 Å². The van der Waals surface area contributed by atoms with Crippen molar-refractivity contribution in [1.29, 1.82) is 0 Å². The molecule has 27 heavy (non-hydrogen) atoms. The molecule has 1 heterocycles. The number of nitrogens with zero attached hydrogens (tertiary/aromatic N) is 2. The molecule has 0 aliphatic carbocycles. The van der Waals surface area contributed by atoms with E-state index in [0.717, 1.165) is 0 Å². The number of esters is 1. The molecule has 2 N–H and O–H groups in total. The Hall–Kier alpha value is -1.91. The van der Waals surface area contributed by atoms with E-state index in [1.54, 1.807) is 20.0 Å². The summed E-state index contributed by atoms with van der Waals surface area (Å²) in [4.78, 5) is 30.0. The van der Waals surface area contributed by atoms with Gasteiger partial charge in [0.05, 0.1) is 19.1 Å². The molecule has 150 valence electrons. The summed E-state index contributed by atoms with van der Waals surface area (Å²) < 4.78 is 18.2. The van der Waals surface area contributed by atoms with Gasteiger partial charge in [0.25, 0.3) is 0 Å². The number of piperidine rings is 1.